The first kappa shape index (κ1) is 26.1. The molecule has 1 aliphatic heterocycles. The number of nitrogens with zero attached hydrogens (tertiary/aromatic N) is 3. The van der Waals surface area contributed by atoms with Crippen LogP contribution in [0.1, 0.15) is 39.7 Å². The molecule has 0 saturated carbocycles. The Hall–Kier alpha value is -1.91. The number of methoxy groups -OCH3 is 1. The molecule has 1 heterocycles. The smallest absolute Gasteiger partial charge is 0.410 e. The number of amides is 1. The maximum atomic E-state index is 12.2. The summed E-state index contributed by atoms with van der Waals surface area (Å²) < 4.78 is 16.5. The summed E-state index contributed by atoms with van der Waals surface area (Å²) in [5, 5.41) is 0. The number of carbonyl (C=O) groups is 1. The lowest BCUT2D eigenvalue weighted by molar-refractivity contribution is 0.0186. The summed E-state index contributed by atoms with van der Waals surface area (Å²) in [7, 11) is 1.62. The highest BCUT2D eigenvalue weighted by molar-refractivity contribution is 14.0. The molecular formula is C21H35IN4O4. The van der Waals surface area contributed by atoms with E-state index in [1.807, 2.05) is 43.9 Å². The zero-order valence-electron chi connectivity index (χ0n) is 18.6. The first-order valence-electron chi connectivity index (χ1n) is 10.1. The third-order valence-corrected chi connectivity index (χ3v) is 4.37. The number of guanidine groups is 1. The lowest BCUT2D eigenvalue weighted by atomic mass is 10.2. The summed E-state index contributed by atoms with van der Waals surface area (Å²) in [4.78, 5) is 20.3. The maximum absolute atomic E-state index is 12.2. The van der Waals surface area contributed by atoms with E-state index in [4.69, 9.17) is 19.9 Å². The SMILES string of the molecule is CCCOc1ccc(CN=C(N)N2CCN(C(=O)OC(C)(C)C)CC2)cc1OC.I. The molecule has 0 bridgehead atoms. The molecule has 2 rings (SSSR count). The van der Waals surface area contributed by atoms with Crippen molar-refractivity contribution in [1.29, 1.82) is 0 Å². The van der Waals surface area contributed by atoms with Crippen LogP contribution in [0, 0.1) is 0 Å². The fourth-order valence-electron chi connectivity index (χ4n) is 2.86. The van der Waals surface area contributed by atoms with Crippen molar-refractivity contribution < 1.29 is 19.0 Å². The van der Waals surface area contributed by atoms with Crippen LogP contribution < -0.4 is 15.2 Å². The molecule has 8 nitrogen and oxygen atoms in total. The Morgan fingerprint density at radius 2 is 1.77 bits per heavy atom. The van der Waals surface area contributed by atoms with E-state index in [9.17, 15) is 4.79 Å². The van der Waals surface area contributed by atoms with E-state index >= 15 is 0 Å². The van der Waals surface area contributed by atoms with Gasteiger partial charge in [-0.1, -0.05) is 13.0 Å². The maximum Gasteiger partial charge on any atom is 0.410 e. The van der Waals surface area contributed by atoms with Gasteiger partial charge in [0.15, 0.2) is 17.5 Å². The second-order valence-electron chi connectivity index (χ2n) is 7.96. The normalized spacial score (nSPS) is 14.8. The van der Waals surface area contributed by atoms with Crippen molar-refractivity contribution in [2.75, 3.05) is 39.9 Å². The Labute approximate surface area is 196 Å². The van der Waals surface area contributed by atoms with Crippen LogP contribution in [0.5, 0.6) is 11.5 Å². The van der Waals surface area contributed by atoms with Gasteiger partial charge in [-0.3, -0.25) is 0 Å². The van der Waals surface area contributed by atoms with E-state index in [1.54, 1.807) is 12.0 Å². The van der Waals surface area contributed by atoms with Crippen molar-refractivity contribution >= 4 is 36.0 Å². The van der Waals surface area contributed by atoms with Crippen LogP contribution in [0.25, 0.3) is 0 Å². The third-order valence-electron chi connectivity index (χ3n) is 4.37. The predicted molar refractivity (Wildman–Crippen MR) is 129 cm³/mol. The number of ether oxygens (including phenoxy) is 3. The van der Waals surface area contributed by atoms with Gasteiger partial charge >= 0.3 is 6.09 Å². The van der Waals surface area contributed by atoms with E-state index in [0.717, 1.165) is 17.7 Å². The average molecular weight is 534 g/mol. The standard InChI is InChI=1S/C21H34N4O4.HI/c1-6-13-28-17-8-7-16(14-18(17)27-5)15-23-19(22)24-9-11-25(12-10-24)20(26)29-21(2,3)4;/h7-8,14H,6,9-13,15H2,1-5H3,(H2,22,23);1H. The molecule has 9 heteroatoms. The van der Waals surface area contributed by atoms with Gasteiger partial charge in [-0.2, -0.15) is 0 Å². The summed E-state index contributed by atoms with van der Waals surface area (Å²) in [6.07, 6.45) is 0.651. The molecule has 1 aromatic carbocycles. The van der Waals surface area contributed by atoms with Crippen LogP contribution in [0.2, 0.25) is 0 Å². The van der Waals surface area contributed by atoms with Gasteiger partial charge in [0, 0.05) is 26.2 Å². The summed E-state index contributed by atoms with van der Waals surface area (Å²) in [5.74, 6) is 1.89. The molecule has 0 spiro atoms. The molecule has 0 aliphatic carbocycles. The monoisotopic (exact) mass is 534 g/mol. The van der Waals surface area contributed by atoms with Gasteiger partial charge in [0.2, 0.25) is 0 Å². The summed E-state index contributed by atoms with van der Waals surface area (Å²) >= 11 is 0. The highest BCUT2D eigenvalue weighted by atomic mass is 127. The zero-order chi connectivity index (χ0) is 21.4. The minimum Gasteiger partial charge on any atom is -0.493 e. The number of carbonyl (C=O) groups excluding carboxylic acids is 1. The van der Waals surface area contributed by atoms with Crippen LogP contribution in [-0.2, 0) is 11.3 Å². The van der Waals surface area contributed by atoms with Crippen molar-refractivity contribution in [1.82, 2.24) is 9.80 Å². The van der Waals surface area contributed by atoms with Gasteiger partial charge in [-0.05, 0) is 44.9 Å². The average Bonchev–Trinajstić information content (AvgIpc) is 2.69. The van der Waals surface area contributed by atoms with Crippen LogP contribution >= 0.6 is 24.0 Å². The third kappa shape index (κ3) is 8.08. The minimum atomic E-state index is -0.493. The fourth-order valence-corrected chi connectivity index (χ4v) is 2.86. The lowest BCUT2D eigenvalue weighted by Crippen LogP contribution is -2.53. The number of aliphatic imine (C=N–C) groups is 1. The molecule has 1 amide bonds. The van der Waals surface area contributed by atoms with Crippen molar-refractivity contribution in [3.05, 3.63) is 23.8 Å². The Morgan fingerprint density at radius 3 is 2.33 bits per heavy atom. The molecular weight excluding hydrogens is 499 g/mol. The molecule has 170 valence electrons. The number of rotatable bonds is 6. The highest BCUT2D eigenvalue weighted by Gasteiger charge is 2.26. The van der Waals surface area contributed by atoms with E-state index in [0.29, 0.717) is 51.0 Å². The van der Waals surface area contributed by atoms with Gasteiger partial charge in [0.1, 0.15) is 5.60 Å². The molecule has 1 aliphatic rings. The fraction of sp³-hybridized carbons (Fsp3) is 0.619. The Bertz CT molecular complexity index is 713. The van der Waals surface area contributed by atoms with Gasteiger partial charge in [-0.15, -0.1) is 24.0 Å². The van der Waals surface area contributed by atoms with E-state index in [1.165, 1.54) is 0 Å². The molecule has 1 fully saturated rings. The number of benzene rings is 1. The van der Waals surface area contributed by atoms with E-state index < -0.39 is 5.60 Å². The first-order valence-corrected chi connectivity index (χ1v) is 10.1. The van der Waals surface area contributed by atoms with Crippen LogP contribution in [0.3, 0.4) is 0 Å². The second-order valence-corrected chi connectivity index (χ2v) is 7.96. The van der Waals surface area contributed by atoms with E-state index in [2.05, 4.69) is 11.9 Å². The largest absolute Gasteiger partial charge is 0.493 e. The van der Waals surface area contributed by atoms with Crippen LogP contribution in [-0.4, -0.2) is 67.3 Å². The Kier molecular flexibility index (Phi) is 10.5. The number of nitrogens with two attached hydrogens (primary N) is 1. The van der Waals surface area contributed by atoms with Crippen molar-refractivity contribution in [2.24, 2.45) is 10.7 Å². The number of hydrogen-bond donors (Lipinski definition) is 1. The Morgan fingerprint density at radius 1 is 1.13 bits per heavy atom. The van der Waals surface area contributed by atoms with Crippen molar-refractivity contribution in [3.8, 4) is 11.5 Å². The summed E-state index contributed by atoms with van der Waals surface area (Å²) in [6, 6.07) is 5.78. The molecule has 1 saturated heterocycles. The Balaban J connectivity index is 0.00000450. The topological polar surface area (TPSA) is 89.6 Å². The molecule has 30 heavy (non-hydrogen) atoms. The quantitative estimate of drug-likeness (QED) is 0.342. The van der Waals surface area contributed by atoms with Gasteiger partial charge < -0.3 is 29.7 Å². The molecule has 0 atom stereocenters. The summed E-state index contributed by atoms with van der Waals surface area (Å²) in [6.45, 7) is 11.1. The molecule has 0 aromatic heterocycles. The molecule has 0 unspecified atom stereocenters. The first-order chi connectivity index (χ1) is 13.7. The summed E-state index contributed by atoms with van der Waals surface area (Å²) in [5.41, 5.74) is 6.66. The minimum absolute atomic E-state index is 0. The number of hydrogen-bond acceptors (Lipinski definition) is 5. The molecule has 1 aromatic rings. The van der Waals surface area contributed by atoms with Crippen molar-refractivity contribution in [3.63, 3.8) is 0 Å². The lowest BCUT2D eigenvalue weighted by Gasteiger charge is -2.36. The number of halogens is 1. The van der Waals surface area contributed by atoms with Crippen molar-refractivity contribution in [2.45, 2.75) is 46.3 Å². The van der Waals surface area contributed by atoms with Crippen LogP contribution in [0.4, 0.5) is 4.79 Å². The molecule has 0 radical (unpaired) electrons. The van der Waals surface area contributed by atoms with Crippen LogP contribution in [0.15, 0.2) is 23.2 Å². The van der Waals surface area contributed by atoms with Gasteiger partial charge in [-0.25, -0.2) is 9.79 Å². The number of piperazine rings is 1. The van der Waals surface area contributed by atoms with Gasteiger partial charge in [0.25, 0.3) is 0 Å². The predicted octanol–water partition coefficient (Wildman–Crippen LogP) is 3.47. The van der Waals surface area contributed by atoms with Gasteiger partial charge in [0.05, 0.1) is 20.3 Å². The zero-order valence-corrected chi connectivity index (χ0v) is 21.0. The second kappa shape index (κ2) is 12.1. The van der Waals surface area contributed by atoms with E-state index in [-0.39, 0.29) is 30.1 Å². The molecule has 2 N–H and O–H groups in total. The highest BCUT2D eigenvalue weighted by Crippen LogP contribution is 2.28.